The zero-order valence-corrected chi connectivity index (χ0v) is 17.3. The molecule has 4 N–H and O–H groups in total. The topological polar surface area (TPSA) is 88.0 Å². The number of halogens is 2. The summed E-state index contributed by atoms with van der Waals surface area (Å²) in [6.07, 6.45) is 2.17. The molecule has 1 amide bonds. The third-order valence-electron chi connectivity index (χ3n) is 5.00. The standard InChI is InChI=1S/C24H20FN3O2.ClH/c25-19-10-4-1-8-17(19)23(29)18-9-3-6-12-22(18)28-24(30)20(26)13-15-14-27-21-11-5-2-7-16(15)21;/h1-12,14,20,27H,13,26H2,(H,28,30);1H/t20-;/m1./s1. The molecule has 1 heterocycles. The van der Waals surface area contributed by atoms with Crippen molar-refractivity contribution in [2.75, 3.05) is 5.32 Å². The smallest absolute Gasteiger partial charge is 0.241 e. The van der Waals surface area contributed by atoms with Gasteiger partial charge < -0.3 is 16.0 Å². The molecule has 5 nitrogen and oxygen atoms in total. The van der Waals surface area contributed by atoms with Crippen LogP contribution in [0.15, 0.2) is 79.0 Å². The summed E-state index contributed by atoms with van der Waals surface area (Å²) in [6, 6.07) is 19.2. The minimum absolute atomic E-state index is 0. The Morgan fingerprint density at radius 2 is 1.58 bits per heavy atom. The molecule has 7 heteroatoms. The van der Waals surface area contributed by atoms with E-state index >= 15 is 0 Å². The van der Waals surface area contributed by atoms with Crippen molar-refractivity contribution in [1.82, 2.24) is 4.98 Å². The van der Waals surface area contributed by atoms with E-state index in [1.807, 2.05) is 30.5 Å². The van der Waals surface area contributed by atoms with E-state index in [1.165, 1.54) is 18.2 Å². The molecule has 1 aromatic heterocycles. The van der Waals surface area contributed by atoms with Gasteiger partial charge in [0.2, 0.25) is 5.91 Å². The summed E-state index contributed by atoms with van der Waals surface area (Å²) in [5, 5.41) is 3.73. The number of rotatable bonds is 6. The Morgan fingerprint density at radius 3 is 2.35 bits per heavy atom. The van der Waals surface area contributed by atoms with Crippen LogP contribution < -0.4 is 11.1 Å². The number of benzene rings is 3. The number of fused-ring (bicyclic) bond motifs is 1. The minimum Gasteiger partial charge on any atom is -0.361 e. The largest absolute Gasteiger partial charge is 0.361 e. The third-order valence-corrected chi connectivity index (χ3v) is 5.00. The van der Waals surface area contributed by atoms with Gasteiger partial charge in [0.1, 0.15) is 5.82 Å². The summed E-state index contributed by atoms with van der Waals surface area (Å²) < 4.78 is 14.1. The molecule has 0 unspecified atom stereocenters. The lowest BCUT2D eigenvalue weighted by atomic mass is 10.0. The number of amides is 1. The number of para-hydroxylation sites is 2. The molecule has 0 saturated heterocycles. The van der Waals surface area contributed by atoms with Crippen LogP contribution in [0.4, 0.5) is 10.1 Å². The first-order valence-electron chi connectivity index (χ1n) is 9.54. The van der Waals surface area contributed by atoms with Crippen LogP contribution >= 0.6 is 12.4 Å². The van der Waals surface area contributed by atoms with Crippen molar-refractivity contribution in [1.29, 1.82) is 0 Å². The van der Waals surface area contributed by atoms with Crippen LogP contribution in [0.1, 0.15) is 21.5 Å². The molecule has 0 bridgehead atoms. The quantitative estimate of drug-likeness (QED) is 0.389. The summed E-state index contributed by atoms with van der Waals surface area (Å²) in [5.74, 6) is -1.54. The maximum absolute atomic E-state index is 14.1. The van der Waals surface area contributed by atoms with Gasteiger partial charge in [-0.05, 0) is 42.3 Å². The van der Waals surface area contributed by atoms with Crippen molar-refractivity contribution in [3.05, 3.63) is 102 Å². The Hall–Kier alpha value is -3.48. The molecule has 4 aromatic rings. The summed E-state index contributed by atoms with van der Waals surface area (Å²) in [5.41, 5.74) is 8.49. The molecular weight excluding hydrogens is 417 g/mol. The molecule has 0 aliphatic carbocycles. The highest BCUT2D eigenvalue weighted by molar-refractivity contribution is 6.14. The zero-order chi connectivity index (χ0) is 21.1. The number of ketones is 1. The number of aromatic nitrogens is 1. The highest BCUT2D eigenvalue weighted by atomic mass is 35.5. The Kier molecular flexibility index (Phi) is 6.84. The lowest BCUT2D eigenvalue weighted by Gasteiger charge is -2.14. The average Bonchev–Trinajstić information content (AvgIpc) is 3.17. The van der Waals surface area contributed by atoms with Crippen LogP contribution in [-0.2, 0) is 11.2 Å². The molecule has 158 valence electrons. The minimum atomic E-state index is -0.819. The van der Waals surface area contributed by atoms with Crippen molar-refractivity contribution in [2.24, 2.45) is 5.73 Å². The van der Waals surface area contributed by atoms with E-state index in [0.29, 0.717) is 12.1 Å². The summed E-state index contributed by atoms with van der Waals surface area (Å²) >= 11 is 0. The van der Waals surface area contributed by atoms with Crippen molar-refractivity contribution in [2.45, 2.75) is 12.5 Å². The van der Waals surface area contributed by atoms with Gasteiger partial charge in [-0.15, -0.1) is 12.4 Å². The number of anilines is 1. The lowest BCUT2D eigenvalue weighted by molar-refractivity contribution is -0.117. The van der Waals surface area contributed by atoms with Crippen molar-refractivity contribution in [3.63, 3.8) is 0 Å². The second kappa shape index (κ2) is 9.55. The number of carbonyl (C=O) groups excluding carboxylic acids is 2. The van der Waals surface area contributed by atoms with Gasteiger partial charge in [0.25, 0.3) is 0 Å². The fourth-order valence-electron chi connectivity index (χ4n) is 3.44. The summed E-state index contributed by atoms with van der Waals surface area (Å²) in [6.45, 7) is 0. The highest BCUT2D eigenvalue weighted by Crippen LogP contribution is 2.22. The number of H-pyrrole nitrogens is 1. The van der Waals surface area contributed by atoms with E-state index in [9.17, 15) is 14.0 Å². The third kappa shape index (κ3) is 4.66. The number of hydrogen-bond acceptors (Lipinski definition) is 3. The normalized spacial score (nSPS) is 11.5. The molecular formula is C24H21ClFN3O2. The van der Waals surface area contributed by atoms with Gasteiger partial charge in [0.05, 0.1) is 17.3 Å². The van der Waals surface area contributed by atoms with Gasteiger partial charge in [-0.3, -0.25) is 9.59 Å². The van der Waals surface area contributed by atoms with Gasteiger partial charge in [0, 0.05) is 22.7 Å². The number of hydrogen-bond donors (Lipinski definition) is 3. The van der Waals surface area contributed by atoms with Gasteiger partial charge >= 0.3 is 0 Å². The molecule has 0 fully saturated rings. The fourth-order valence-corrected chi connectivity index (χ4v) is 3.44. The molecule has 4 rings (SSSR count). The van der Waals surface area contributed by atoms with E-state index in [4.69, 9.17) is 5.73 Å². The summed E-state index contributed by atoms with van der Waals surface area (Å²) in [4.78, 5) is 28.7. The predicted molar refractivity (Wildman–Crippen MR) is 122 cm³/mol. The molecule has 31 heavy (non-hydrogen) atoms. The van der Waals surface area contributed by atoms with Gasteiger partial charge in [-0.1, -0.05) is 42.5 Å². The van der Waals surface area contributed by atoms with E-state index in [2.05, 4.69) is 10.3 Å². The molecule has 0 aliphatic rings. The lowest BCUT2D eigenvalue weighted by Crippen LogP contribution is -2.37. The van der Waals surface area contributed by atoms with Crippen molar-refractivity contribution >= 4 is 40.7 Å². The zero-order valence-electron chi connectivity index (χ0n) is 16.5. The fraction of sp³-hybridized carbons (Fsp3) is 0.0833. The van der Waals surface area contributed by atoms with Crippen LogP contribution in [0.25, 0.3) is 10.9 Å². The Labute approximate surface area is 184 Å². The van der Waals surface area contributed by atoms with Gasteiger partial charge in [-0.25, -0.2) is 4.39 Å². The summed E-state index contributed by atoms with van der Waals surface area (Å²) in [7, 11) is 0. The number of nitrogens with one attached hydrogen (secondary N) is 2. The second-order valence-corrected chi connectivity index (χ2v) is 7.01. The van der Waals surface area contributed by atoms with Crippen LogP contribution in [0.3, 0.4) is 0 Å². The predicted octanol–water partition coefficient (Wildman–Crippen LogP) is 4.47. The van der Waals surface area contributed by atoms with E-state index < -0.39 is 23.5 Å². The van der Waals surface area contributed by atoms with Crippen LogP contribution in [0.5, 0.6) is 0 Å². The van der Waals surface area contributed by atoms with E-state index in [0.717, 1.165) is 16.5 Å². The first kappa shape index (κ1) is 22.2. The SMILES string of the molecule is Cl.N[C@H](Cc1c[nH]c2ccccc12)C(=O)Nc1ccccc1C(=O)c1ccccc1F. The van der Waals surface area contributed by atoms with Crippen LogP contribution in [-0.4, -0.2) is 22.7 Å². The molecule has 3 aromatic carbocycles. The molecule has 0 saturated carbocycles. The maximum Gasteiger partial charge on any atom is 0.241 e. The first-order valence-corrected chi connectivity index (χ1v) is 9.54. The number of nitrogens with two attached hydrogens (primary N) is 1. The van der Waals surface area contributed by atoms with Crippen LogP contribution in [0, 0.1) is 5.82 Å². The molecule has 0 spiro atoms. The van der Waals surface area contributed by atoms with E-state index in [-0.39, 0.29) is 23.5 Å². The monoisotopic (exact) mass is 437 g/mol. The van der Waals surface area contributed by atoms with Gasteiger partial charge in [0.15, 0.2) is 5.78 Å². The second-order valence-electron chi connectivity index (χ2n) is 7.01. The van der Waals surface area contributed by atoms with Gasteiger partial charge in [-0.2, -0.15) is 0 Å². The first-order chi connectivity index (χ1) is 14.5. The molecule has 0 radical (unpaired) electrons. The van der Waals surface area contributed by atoms with Crippen molar-refractivity contribution in [3.8, 4) is 0 Å². The Bertz CT molecular complexity index is 1240. The average molecular weight is 438 g/mol. The van der Waals surface area contributed by atoms with E-state index in [1.54, 1.807) is 30.3 Å². The maximum atomic E-state index is 14.1. The Morgan fingerprint density at radius 1 is 0.935 bits per heavy atom. The van der Waals surface area contributed by atoms with Crippen molar-refractivity contribution < 1.29 is 14.0 Å². The molecule has 0 aliphatic heterocycles. The molecule has 1 atom stereocenters. The number of carbonyl (C=O) groups is 2. The highest BCUT2D eigenvalue weighted by Gasteiger charge is 2.21. The Balaban J connectivity index is 0.00000272. The van der Waals surface area contributed by atoms with Crippen LogP contribution in [0.2, 0.25) is 0 Å². The number of aromatic amines is 1.